The summed E-state index contributed by atoms with van der Waals surface area (Å²) in [5, 5.41) is 0. The fourth-order valence-electron chi connectivity index (χ4n) is 3.85. The van der Waals surface area contributed by atoms with Gasteiger partial charge >= 0.3 is 0 Å². The summed E-state index contributed by atoms with van der Waals surface area (Å²) < 4.78 is 10.4. The van der Waals surface area contributed by atoms with E-state index < -0.39 is 0 Å². The molecule has 1 atom stereocenters. The van der Waals surface area contributed by atoms with Gasteiger partial charge in [-0.1, -0.05) is 0 Å². The molecule has 0 aliphatic carbocycles. The zero-order valence-electron chi connectivity index (χ0n) is 15.6. The highest BCUT2D eigenvalue weighted by molar-refractivity contribution is 5.93. The Bertz CT molecular complexity index is 584. The van der Waals surface area contributed by atoms with Gasteiger partial charge in [0.2, 0.25) is 5.91 Å². The maximum absolute atomic E-state index is 12.6. The quantitative estimate of drug-likeness (QED) is 0.765. The van der Waals surface area contributed by atoms with Gasteiger partial charge in [0.25, 0.3) is 5.91 Å². The van der Waals surface area contributed by atoms with Crippen LogP contribution in [-0.2, 0) is 9.53 Å². The van der Waals surface area contributed by atoms with Gasteiger partial charge < -0.3 is 19.0 Å². The van der Waals surface area contributed by atoms with Crippen LogP contribution >= 0.6 is 0 Å². The molecule has 3 heterocycles. The lowest BCUT2D eigenvalue weighted by Crippen LogP contribution is -2.51. The molecule has 0 aromatic carbocycles. The molecule has 7 nitrogen and oxygen atoms in total. The van der Waals surface area contributed by atoms with Gasteiger partial charge in [0.1, 0.15) is 6.26 Å². The van der Waals surface area contributed by atoms with Gasteiger partial charge in [-0.15, -0.1) is 0 Å². The second-order valence-corrected chi connectivity index (χ2v) is 7.08. The van der Waals surface area contributed by atoms with E-state index in [4.69, 9.17) is 9.15 Å². The van der Waals surface area contributed by atoms with E-state index in [-0.39, 0.29) is 17.9 Å². The van der Waals surface area contributed by atoms with E-state index in [1.807, 2.05) is 9.80 Å². The van der Waals surface area contributed by atoms with E-state index in [1.54, 1.807) is 13.0 Å². The molecule has 144 valence electrons. The Morgan fingerprint density at radius 1 is 1.27 bits per heavy atom. The Balaban J connectivity index is 1.53. The third-order valence-corrected chi connectivity index (χ3v) is 5.27. The summed E-state index contributed by atoms with van der Waals surface area (Å²) in [7, 11) is 0. The minimum Gasteiger partial charge on any atom is -0.472 e. The summed E-state index contributed by atoms with van der Waals surface area (Å²) in [5.41, 5.74) is 0.576. The number of rotatable bonds is 6. The Morgan fingerprint density at radius 3 is 2.77 bits per heavy atom. The van der Waals surface area contributed by atoms with Crippen molar-refractivity contribution >= 4 is 11.8 Å². The Morgan fingerprint density at radius 2 is 2.08 bits per heavy atom. The molecule has 2 aliphatic rings. The van der Waals surface area contributed by atoms with Gasteiger partial charge in [0, 0.05) is 52.2 Å². The number of carbonyl (C=O) groups excluding carboxylic acids is 2. The number of piperidine rings is 1. The van der Waals surface area contributed by atoms with Crippen LogP contribution in [0.1, 0.15) is 36.5 Å². The van der Waals surface area contributed by atoms with Crippen molar-refractivity contribution in [2.75, 3.05) is 52.5 Å². The van der Waals surface area contributed by atoms with E-state index in [0.717, 1.165) is 65.2 Å². The lowest BCUT2D eigenvalue weighted by Gasteiger charge is -2.39. The minimum absolute atomic E-state index is 0.0136. The normalized spacial score (nSPS) is 21.6. The van der Waals surface area contributed by atoms with Crippen LogP contribution in [0, 0.1) is 0 Å². The highest BCUT2D eigenvalue weighted by atomic mass is 16.5. The van der Waals surface area contributed by atoms with Crippen LogP contribution in [0.2, 0.25) is 0 Å². The van der Waals surface area contributed by atoms with E-state index in [0.29, 0.717) is 12.1 Å². The zero-order chi connectivity index (χ0) is 18.4. The van der Waals surface area contributed by atoms with Crippen LogP contribution in [-0.4, -0.2) is 85.0 Å². The van der Waals surface area contributed by atoms with Crippen molar-refractivity contribution in [2.24, 2.45) is 0 Å². The molecular weight excluding hydrogens is 334 g/mol. The molecule has 1 unspecified atom stereocenters. The van der Waals surface area contributed by atoms with Crippen molar-refractivity contribution in [3.63, 3.8) is 0 Å². The highest BCUT2D eigenvalue weighted by Crippen LogP contribution is 2.19. The molecule has 2 fully saturated rings. The SMILES string of the molecule is CC(=O)N(CCCN1CCOCC1)C1CCCN(C(=O)c2ccoc2)C1. The zero-order valence-corrected chi connectivity index (χ0v) is 15.6. The number of nitrogens with zero attached hydrogens (tertiary/aromatic N) is 3. The standard InChI is InChI=1S/C19H29N3O4/c1-16(23)22(8-3-6-20-9-12-25-13-10-20)18-4-2-7-21(14-18)19(24)17-5-11-26-15-17/h5,11,15,18H,2-4,6-10,12-14H2,1H3. The largest absolute Gasteiger partial charge is 0.472 e. The molecule has 1 aromatic heterocycles. The Labute approximate surface area is 154 Å². The molecule has 0 N–H and O–H groups in total. The molecule has 7 heteroatoms. The summed E-state index contributed by atoms with van der Waals surface area (Å²) in [6.45, 7) is 8.22. The van der Waals surface area contributed by atoms with Gasteiger partial charge in [0.15, 0.2) is 0 Å². The number of amides is 2. The second-order valence-electron chi connectivity index (χ2n) is 7.08. The van der Waals surface area contributed by atoms with Crippen molar-refractivity contribution in [1.29, 1.82) is 0 Å². The monoisotopic (exact) mass is 363 g/mol. The molecule has 1 aromatic rings. The molecule has 3 rings (SSSR count). The Kier molecular flexibility index (Phi) is 6.68. The number of furan rings is 1. The molecule has 0 bridgehead atoms. The third-order valence-electron chi connectivity index (χ3n) is 5.27. The van der Waals surface area contributed by atoms with Crippen LogP contribution in [0.3, 0.4) is 0 Å². The number of likely N-dealkylation sites (tertiary alicyclic amines) is 1. The van der Waals surface area contributed by atoms with Gasteiger partial charge in [-0.05, 0) is 25.3 Å². The first-order chi connectivity index (χ1) is 12.6. The molecule has 0 spiro atoms. The number of ether oxygens (including phenoxy) is 1. The molecule has 26 heavy (non-hydrogen) atoms. The van der Waals surface area contributed by atoms with Crippen molar-refractivity contribution in [2.45, 2.75) is 32.2 Å². The Hall–Kier alpha value is -1.86. The van der Waals surface area contributed by atoms with Gasteiger partial charge in [-0.25, -0.2) is 0 Å². The maximum Gasteiger partial charge on any atom is 0.257 e. The van der Waals surface area contributed by atoms with Crippen LogP contribution < -0.4 is 0 Å². The first-order valence-corrected chi connectivity index (χ1v) is 9.54. The van der Waals surface area contributed by atoms with E-state index in [2.05, 4.69) is 4.90 Å². The average molecular weight is 363 g/mol. The smallest absolute Gasteiger partial charge is 0.257 e. The molecule has 2 amide bonds. The fraction of sp³-hybridized carbons (Fsp3) is 0.684. The maximum atomic E-state index is 12.6. The lowest BCUT2D eigenvalue weighted by atomic mass is 10.0. The molecule has 2 aliphatic heterocycles. The van der Waals surface area contributed by atoms with Crippen molar-refractivity contribution in [1.82, 2.24) is 14.7 Å². The van der Waals surface area contributed by atoms with E-state index in [1.165, 1.54) is 12.5 Å². The first-order valence-electron chi connectivity index (χ1n) is 9.54. The van der Waals surface area contributed by atoms with Crippen LogP contribution in [0.25, 0.3) is 0 Å². The minimum atomic E-state index is -0.0136. The number of carbonyl (C=O) groups is 2. The average Bonchev–Trinajstić information content (AvgIpc) is 3.20. The summed E-state index contributed by atoms with van der Waals surface area (Å²) >= 11 is 0. The predicted molar refractivity (Wildman–Crippen MR) is 96.9 cm³/mol. The van der Waals surface area contributed by atoms with Crippen LogP contribution in [0.5, 0.6) is 0 Å². The second kappa shape index (κ2) is 9.19. The topological polar surface area (TPSA) is 66.2 Å². The van der Waals surface area contributed by atoms with Gasteiger partial charge in [-0.2, -0.15) is 0 Å². The summed E-state index contributed by atoms with van der Waals surface area (Å²) in [6.07, 6.45) is 5.82. The van der Waals surface area contributed by atoms with E-state index >= 15 is 0 Å². The summed E-state index contributed by atoms with van der Waals surface area (Å²) in [5.74, 6) is 0.0786. The third kappa shape index (κ3) is 4.86. The first kappa shape index (κ1) is 18.9. The molecular formula is C19H29N3O4. The lowest BCUT2D eigenvalue weighted by molar-refractivity contribution is -0.132. The van der Waals surface area contributed by atoms with Crippen LogP contribution in [0.15, 0.2) is 23.0 Å². The van der Waals surface area contributed by atoms with Crippen molar-refractivity contribution < 1.29 is 18.7 Å². The van der Waals surface area contributed by atoms with Gasteiger partial charge in [-0.3, -0.25) is 14.5 Å². The molecule has 2 saturated heterocycles. The van der Waals surface area contributed by atoms with Crippen molar-refractivity contribution in [3.8, 4) is 0 Å². The van der Waals surface area contributed by atoms with Crippen LogP contribution in [0.4, 0.5) is 0 Å². The highest BCUT2D eigenvalue weighted by Gasteiger charge is 2.30. The molecule has 0 saturated carbocycles. The predicted octanol–water partition coefficient (Wildman–Crippen LogP) is 1.45. The number of hydrogen-bond acceptors (Lipinski definition) is 5. The van der Waals surface area contributed by atoms with E-state index in [9.17, 15) is 9.59 Å². The molecule has 0 radical (unpaired) electrons. The number of hydrogen-bond donors (Lipinski definition) is 0. The summed E-state index contributed by atoms with van der Waals surface area (Å²) in [4.78, 5) is 31.0. The van der Waals surface area contributed by atoms with Crippen molar-refractivity contribution in [3.05, 3.63) is 24.2 Å². The summed E-state index contributed by atoms with van der Waals surface area (Å²) in [6, 6.07) is 1.79. The fourth-order valence-corrected chi connectivity index (χ4v) is 3.85. The van der Waals surface area contributed by atoms with Gasteiger partial charge in [0.05, 0.1) is 25.0 Å². The number of morpholine rings is 1.